The zero-order valence-electron chi connectivity index (χ0n) is 16.5. The van der Waals surface area contributed by atoms with Crippen molar-refractivity contribution in [3.63, 3.8) is 0 Å². The van der Waals surface area contributed by atoms with Crippen molar-refractivity contribution in [2.24, 2.45) is 0 Å². The predicted molar refractivity (Wildman–Crippen MR) is 112 cm³/mol. The maximum atomic E-state index is 12.7. The lowest BCUT2D eigenvalue weighted by Crippen LogP contribution is -2.31. The molecule has 0 aliphatic heterocycles. The van der Waals surface area contributed by atoms with Crippen molar-refractivity contribution >= 4 is 22.5 Å². The third-order valence-corrected chi connectivity index (χ3v) is 4.71. The van der Waals surface area contributed by atoms with Crippen molar-refractivity contribution in [2.75, 3.05) is 12.4 Å². The Hall–Kier alpha value is -3.85. The number of nitrogens with zero attached hydrogens (tertiary/aromatic N) is 4. The number of anilines is 1. The summed E-state index contributed by atoms with van der Waals surface area (Å²) >= 11 is 0. The Morgan fingerprint density at radius 2 is 1.97 bits per heavy atom. The van der Waals surface area contributed by atoms with Gasteiger partial charge in [-0.15, -0.1) is 0 Å². The van der Waals surface area contributed by atoms with Gasteiger partial charge in [-0.05, 0) is 43.3 Å². The van der Waals surface area contributed by atoms with Crippen LogP contribution < -0.4 is 10.9 Å². The Bertz CT molecular complexity index is 1250. The number of hydrogen-bond acceptors (Lipinski definition) is 6. The number of hydrogen-bond donors (Lipinski definition) is 2. The first kappa shape index (κ1) is 19.5. The first-order valence-electron chi connectivity index (χ1n) is 9.34. The number of aromatic amines is 1. The van der Waals surface area contributed by atoms with Crippen LogP contribution in [0.4, 0.5) is 5.69 Å². The highest BCUT2D eigenvalue weighted by atomic mass is 16.5. The second-order valence-corrected chi connectivity index (χ2v) is 6.76. The smallest absolute Gasteiger partial charge is 0.261 e. The molecule has 2 heterocycles. The van der Waals surface area contributed by atoms with E-state index < -0.39 is 6.04 Å². The van der Waals surface area contributed by atoms with Gasteiger partial charge in [0.25, 0.3) is 5.56 Å². The first-order chi connectivity index (χ1) is 14.6. The van der Waals surface area contributed by atoms with Crippen LogP contribution in [0, 0.1) is 0 Å². The van der Waals surface area contributed by atoms with Crippen LogP contribution in [0.3, 0.4) is 0 Å². The minimum Gasteiger partial charge on any atom is -0.377 e. The van der Waals surface area contributed by atoms with Gasteiger partial charge in [-0.2, -0.15) is 5.10 Å². The fraction of sp³-hybridized carbons (Fsp3) is 0.190. The van der Waals surface area contributed by atoms with Crippen molar-refractivity contribution in [1.29, 1.82) is 0 Å². The predicted octanol–water partition coefficient (Wildman–Crippen LogP) is 2.53. The van der Waals surface area contributed by atoms with Gasteiger partial charge in [0.15, 0.2) is 11.6 Å². The van der Waals surface area contributed by atoms with E-state index in [1.807, 2.05) is 18.2 Å². The van der Waals surface area contributed by atoms with Gasteiger partial charge < -0.3 is 10.1 Å². The van der Waals surface area contributed by atoms with Crippen molar-refractivity contribution in [2.45, 2.75) is 19.6 Å². The van der Waals surface area contributed by atoms with E-state index in [0.29, 0.717) is 34.8 Å². The van der Waals surface area contributed by atoms with Gasteiger partial charge in [-0.25, -0.2) is 9.97 Å². The summed E-state index contributed by atoms with van der Waals surface area (Å²) < 4.78 is 6.35. The number of amides is 1. The summed E-state index contributed by atoms with van der Waals surface area (Å²) in [6, 6.07) is 13.5. The molecule has 1 amide bonds. The van der Waals surface area contributed by atoms with E-state index in [1.165, 1.54) is 10.9 Å². The molecule has 9 heteroatoms. The molecule has 2 N–H and O–H groups in total. The zero-order valence-corrected chi connectivity index (χ0v) is 16.5. The van der Waals surface area contributed by atoms with Crippen molar-refractivity contribution in [3.8, 4) is 11.4 Å². The third kappa shape index (κ3) is 3.83. The average molecular weight is 404 g/mol. The number of methoxy groups -OCH3 is 1. The Morgan fingerprint density at radius 1 is 1.20 bits per heavy atom. The highest BCUT2D eigenvalue weighted by Crippen LogP contribution is 2.19. The molecule has 4 aromatic rings. The minimum absolute atomic E-state index is 0.255. The van der Waals surface area contributed by atoms with E-state index in [1.54, 1.807) is 44.4 Å². The zero-order chi connectivity index (χ0) is 21.1. The molecule has 2 aromatic heterocycles. The lowest BCUT2D eigenvalue weighted by molar-refractivity contribution is -0.118. The highest BCUT2D eigenvalue weighted by Gasteiger charge is 2.18. The quantitative estimate of drug-likeness (QED) is 0.510. The van der Waals surface area contributed by atoms with Crippen LogP contribution in [0.25, 0.3) is 22.3 Å². The van der Waals surface area contributed by atoms with E-state index in [2.05, 4.69) is 25.5 Å². The molecular weight excluding hydrogens is 384 g/mol. The molecule has 0 saturated carbocycles. The Kier molecular flexibility index (Phi) is 5.36. The third-order valence-electron chi connectivity index (χ3n) is 4.71. The summed E-state index contributed by atoms with van der Waals surface area (Å²) in [6.07, 6.45) is 1.40. The number of benzene rings is 2. The molecule has 2 aromatic carbocycles. The summed E-state index contributed by atoms with van der Waals surface area (Å²) in [4.78, 5) is 34.0. The summed E-state index contributed by atoms with van der Waals surface area (Å²) in [7, 11) is 1.59. The number of ether oxygens (including phenoxy) is 1. The second kappa shape index (κ2) is 8.26. The molecule has 0 radical (unpaired) electrons. The topological polar surface area (TPSA) is 115 Å². The standard InChI is InChI=1S/C21H20N6O3/c1-13(27-12-22-17-6-4-3-5-16(17)21(27)29)20(28)23-15-9-7-14(8-10-15)19-24-18(11-30-2)25-26-19/h3-10,12-13H,11H2,1-2H3,(H,23,28)(H,24,25,26)/t13-/m1/s1. The van der Waals surface area contributed by atoms with Crippen LogP contribution in [0.1, 0.15) is 18.8 Å². The minimum atomic E-state index is -0.723. The van der Waals surface area contributed by atoms with Crippen LogP contribution in [0.2, 0.25) is 0 Å². The maximum Gasteiger partial charge on any atom is 0.261 e. The Balaban J connectivity index is 1.49. The van der Waals surface area contributed by atoms with Crippen LogP contribution in [0.5, 0.6) is 0 Å². The van der Waals surface area contributed by atoms with Gasteiger partial charge in [-0.1, -0.05) is 12.1 Å². The molecule has 4 rings (SSSR count). The fourth-order valence-electron chi connectivity index (χ4n) is 3.06. The molecule has 0 spiro atoms. The summed E-state index contributed by atoms with van der Waals surface area (Å²) in [6.45, 7) is 2.01. The second-order valence-electron chi connectivity index (χ2n) is 6.76. The molecule has 30 heavy (non-hydrogen) atoms. The van der Waals surface area contributed by atoms with Crippen LogP contribution in [0.15, 0.2) is 59.7 Å². The molecule has 152 valence electrons. The van der Waals surface area contributed by atoms with E-state index in [0.717, 1.165) is 5.56 Å². The molecule has 0 aliphatic rings. The van der Waals surface area contributed by atoms with Gasteiger partial charge >= 0.3 is 0 Å². The largest absolute Gasteiger partial charge is 0.377 e. The first-order valence-corrected chi connectivity index (χ1v) is 9.34. The van der Waals surface area contributed by atoms with Crippen LogP contribution in [-0.4, -0.2) is 37.7 Å². The summed E-state index contributed by atoms with van der Waals surface area (Å²) in [5.41, 5.74) is 1.75. The van der Waals surface area contributed by atoms with Crippen molar-refractivity contribution < 1.29 is 9.53 Å². The normalized spacial score (nSPS) is 12.1. The molecule has 0 unspecified atom stereocenters. The Labute approximate surface area is 171 Å². The highest BCUT2D eigenvalue weighted by molar-refractivity contribution is 5.93. The lowest BCUT2D eigenvalue weighted by Gasteiger charge is -2.15. The van der Waals surface area contributed by atoms with Crippen molar-refractivity contribution in [3.05, 3.63) is 71.0 Å². The molecule has 9 nitrogen and oxygen atoms in total. The monoisotopic (exact) mass is 404 g/mol. The SMILES string of the molecule is COCc1nc(-c2ccc(NC(=O)[C@@H](C)n3cnc4ccccc4c3=O)cc2)n[nH]1. The van der Waals surface area contributed by atoms with Crippen LogP contribution >= 0.6 is 0 Å². The number of aromatic nitrogens is 5. The van der Waals surface area contributed by atoms with Gasteiger partial charge in [-0.3, -0.25) is 19.3 Å². The van der Waals surface area contributed by atoms with Gasteiger partial charge in [0.1, 0.15) is 12.6 Å². The maximum absolute atomic E-state index is 12.7. The number of para-hydroxylation sites is 1. The van der Waals surface area contributed by atoms with Crippen LogP contribution in [-0.2, 0) is 16.1 Å². The molecule has 0 bridgehead atoms. The van der Waals surface area contributed by atoms with E-state index in [-0.39, 0.29) is 11.5 Å². The van der Waals surface area contributed by atoms with Gasteiger partial charge in [0.05, 0.1) is 17.2 Å². The molecule has 1 atom stereocenters. The van der Waals surface area contributed by atoms with E-state index in [4.69, 9.17) is 4.74 Å². The lowest BCUT2D eigenvalue weighted by atomic mass is 10.2. The Morgan fingerprint density at radius 3 is 2.73 bits per heavy atom. The summed E-state index contributed by atoms with van der Waals surface area (Å²) in [5.74, 6) is 0.859. The van der Waals surface area contributed by atoms with Gasteiger partial charge in [0, 0.05) is 18.4 Å². The molecule has 0 fully saturated rings. The van der Waals surface area contributed by atoms with E-state index >= 15 is 0 Å². The van der Waals surface area contributed by atoms with Crippen molar-refractivity contribution in [1.82, 2.24) is 24.7 Å². The van der Waals surface area contributed by atoms with E-state index in [9.17, 15) is 9.59 Å². The molecular formula is C21H20N6O3. The summed E-state index contributed by atoms with van der Waals surface area (Å²) in [5, 5.41) is 10.3. The number of carbonyl (C=O) groups is 1. The molecule has 0 aliphatic carbocycles. The average Bonchev–Trinajstić information content (AvgIpc) is 3.23. The van der Waals surface area contributed by atoms with Gasteiger partial charge in [0.2, 0.25) is 5.91 Å². The number of fused-ring (bicyclic) bond motifs is 1. The number of carbonyl (C=O) groups excluding carboxylic acids is 1. The number of rotatable bonds is 6. The fourth-order valence-corrected chi connectivity index (χ4v) is 3.06. The number of H-pyrrole nitrogens is 1. The molecule has 0 saturated heterocycles. The number of nitrogens with one attached hydrogen (secondary N) is 2.